The van der Waals surface area contributed by atoms with Crippen LogP contribution in [0.25, 0.3) is 0 Å². The van der Waals surface area contributed by atoms with Gasteiger partial charge in [0.1, 0.15) is 18.9 Å². The molecular formula is C26H36N2O3S. The summed E-state index contributed by atoms with van der Waals surface area (Å²) >= 11 is 1.74. The number of carbonyl (C=O) groups is 2. The zero-order valence-electron chi connectivity index (χ0n) is 20.0. The van der Waals surface area contributed by atoms with Crippen LogP contribution in [0.4, 0.5) is 0 Å². The molecule has 1 aliphatic heterocycles. The van der Waals surface area contributed by atoms with Crippen molar-refractivity contribution in [3.8, 4) is 5.75 Å². The van der Waals surface area contributed by atoms with E-state index in [0.29, 0.717) is 19.6 Å². The van der Waals surface area contributed by atoms with Gasteiger partial charge in [-0.25, -0.2) is 0 Å². The molecule has 0 N–H and O–H groups in total. The Labute approximate surface area is 196 Å². The van der Waals surface area contributed by atoms with Gasteiger partial charge in [0.25, 0.3) is 0 Å². The smallest absolute Gasteiger partial charge is 0.242 e. The first-order valence-electron chi connectivity index (χ1n) is 11.6. The Morgan fingerprint density at radius 2 is 1.91 bits per heavy atom. The Morgan fingerprint density at radius 3 is 2.56 bits per heavy atom. The van der Waals surface area contributed by atoms with Gasteiger partial charge in [-0.1, -0.05) is 38.5 Å². The minimum Gasteiger partial charge on any atom is -0.491 e. The van der Waals surface area contributed by atoms with Crippen molar-refractivity contribution < 1.29 is 14.3 Å². The maximum absolute atomic E-state index is 13.5. The maximum atomic E-state index is 13.5. The number of hydrogen-bond acceptors (Lipinski definition) is 4. The number of nitrogens with zero attached hydrogens (tertiary/aromatic N) is 2. The number of thiophene rings is 1. The lowest BCUT2D eigenvalue weighted by Gasteiger charge is -2.38. The molecule has 0 spiro atoms. The van der Waals surface area contributed by atoms with Gasteiger partial charge in [-0.2, -0.15) is 0 Å². The van der Waals surface area contributed by atoms with Crippen LogP contribution >= 0.6 is 11.3 Å². The molecule has 0 bridgehead atoms. The highest BCUT2D eigenvalue weighted by atomic mass is 32.1. The van der Waals surface area contributed by atoms with Crippen LogP contribution in [-0.4, -0.2) is 47.4 Å². The monoisotopic (exact) mass is 456 g/mol. The van der Waals surface area contributed by atoms with Crippen molar-refractivity contribution in [2.75, 3.05) is 19.7 Å². The summed E-state index contributed by atoms with van der Waals surface area (Å²) in [4.78, 5) is 31.4. The van der Waals surface area contributed by atoms with E-state index >= 15 is 0 Å². The standard InChI is InChI=1S/C26H36N2O3S/c1-6-20(5)28(25(29)15-18(2)3)16-26(30)27-13-11-24-22(12-14-32-24)23(27)17-31-21-9-7-19(4)8-10-21/h7-10,12,14,18,20,23H,6,11,13,15-17H2,1-5H3. The Bertz CT molecular complexity index is 906. The molecule has 3 rings (SSSR count). The molecule has 2 unspecified atom stereocenters. The Kier molecular flexibility index (Phi) is 8.35. The lowest BCUT2D eigenvalue weighted by atomic mass is 10.00. The Hall–Kier alpha value is -2.34. The highest BCUT2D eigenvalue weighted by Gasteiger charge is 2.34. The minimum absolute atomic E-state index is 0.00300. The van der Waals surface area contributed by atoms with E-state index in [9.17, 15) is 9.59 Å². The topological polar surface area (TPSA) is 49.9 Å². The highest BCUT2D eigenvalue weighted by Crippen LogP contribution is 2.34. The van der Waals surface area contributed by atoms with Crippen molar-refractivity contribution >= 4 is 23.2 Å². The maximum Gasteiger partial charge on any atom is 0.242 e. The van der Waals surface area contributed by atoms with Crippen LogP contribution in [0.15, 0.2) is 35.7 Å². The molecule has 1 aromatic heterocycles. The largest absolute Gasteiger partial charge is 0.491 e. The summed E-state index contributed by atoms with van der Waals surface area (Å²) in [5, 5.41) is 2.09. The van der Waals surface area contributed by atoms with Gasteiger partial charge in [-0.3, -0.25) is 9.59 Å². The molecule has 1 aromatic carbocycles. The number of rotatable bonds is 9. The molecule has 2 heterocycles. The lowest BCUT2D eigenvalue weighted by Crippen LogP contribution is -2.50. The van der Waals surface area contributed by atoms with E-state index in [1.54, 1.807) is 16.2 Å². The lowest BCUT2D eigenvalue weighted by molar-refractivity contribution is -0.144. The van der Waals surface area contributed by atoms with E-state index < -0.39 is 0 Å². The quantitative estimate of drug-likeness (QED) is 0.519. The SMILES string of the molecule is CCC(C)N(CC(=O)N1CCc2sccc2C1COc1ccc(C)cc1)C(=O)CC(C)C. The molecule has 32 heavy (non-hydrogen) atoms. The van der Waals surface area contributed by atoms with Gasteiger partial charge in [0.05, 0.1) is 6.04 Å². The Morgan fingerprint density at radius 1 is 1.19 bits per heavy atom. The predicted molar refractivity (Wildman–Crippen MR) is 130 cm³/mol. The molecule has 1 aliphatic rings. The first-order valence-corrected chi connectivity index (χ1v) is 12.5. The number of fused-ring (bicyclic) bond motifs is 1. The molecule has 0 aliphatic carbocycles. The molecule has 0 saturated heterocycles. The predicted octanol–water partition coefficient (Wildman–Crippen LogP) is 5.23. The molecule has 6 heteroatoms. The number of amides is 2. The minimum atomic E-state index is -0.141. The third kappa shape index (κ3) is 5.91. The molecule has 174 valence electrons. The zero-order chi connectivity index (χ0) is 23.3. The van der Waals surface area contributed by atoms with Crippen LogP contribution < -0.4 is 4.74 Å². The number of carbonyl (C=O) groups excluding carboxylic acids is 2. The highest BCUT2D eigenvalue weighted by molar-refractivity contribution is 7.10. The van der Waals surface area contributed by atoms with Gasteiger partial charge in [-0.15, -0.1) is 11.3 Å². The van der Waals surface area contributed by atoms with Crippen molar-refractivity contribution in [1.29, 1.82) is 0 Å². The van der Waals surface area contributed by atoms with E-state index in [-0.39, 0.29) is 36.4 Å². The van der Waals surface area contributed by atoms with Crippen LogP contribution in [0.3, 0.4) is 0 Å². The molecule has 0 radical (unpaired) electrons. The summed E-state index contributed by atoms with van der Waals surface area (Å²) in [6.07, 6.45) is 2.14. The first kappa shape index (κ1) is 24.3. The second-order valence-electron chi connectivity index (χ2n) is 9.15. The fourth-order valence-electron chi connectivity index (χ4n) is 4.10. The summed E-state index contributed by atoms with van der Waals surface area (Å²) in [5.41, 5.74) is 2.36. The molecule has 2 atom stereocenters. The molecule has 5 nitrogen and oxygen atoms in total. The van der Waals surface area contributed by atoms with E-state index in [1.165, 1.54) is 16.0 Å². The second-order valence-corrected chi connectivity index (χ2v) is 10.2. The van der Waals surface area contributed by atoms with Crippen LogP contribution in [0.1, 0.15) is 62.6 Å². The fraction of sp³-hybridized carbons (Fsp3) is 0.538. The zero-order valence-corrected chi connectivity index (χ0v) is 20.8. The van der Waals surface area contributed by atoms with E-state index in [0.717, 1.165) is 18.6 Å². The van der Waals surface area contributed by atoms with Gasteiger partial charge in [-0.05, 0) is 61.7 Å². The molecule has 2 amide bonds. The fourth-order valence-corrected chi connectivity index (χ4v) is 5.03. The summed E-state index contributed by atoms with van der Waals surface area (Å²) in [7, 11) is 0. The summed E-state index contributed by atoms with van der Waals surface area (Å²) < 4.78 is 6.11. The summed E-state index contributed by atoms with van der Waals surface area (Å²) in [5.74, 6) is 1.13. The molecular weight excluding hydrogens is 420 g/mol. The number of benzene rings is 1. The number of ether oxygens (including phenoxy) is 1. The first-order chi connectivity index (χ1) is 15.3. The molecule has 0 fully saturated rings. The van der Waals surface area contributed by atoms with E-state index in [2.05, 4.69) is 18.4 Å². The van der Waals surface area contributed by atoms with Crippen LogP contribution in [0, 0.1) is 12.8 Å². The normalized spacial score (nSPS) is 16.6. The van der Waals surface area contributed by atoms with E-state index in [1.807, 2.05) is 56.9 Å². The van der Waals surface area contributed by atoms with Crippen molar-refractivity contribution in [3.63, 3.8) is 0 Å². The van der Waals surface area contributed by atoms with Crippen molar-refractivity contribution in [2.45, 2.75) is 66.0 Å². The van der Waals surface area contributed by atoms with Gasteiger partial charge in [0, 0.05) is 23.9 Å². The third-order valence-electron chi connectivity index (χ3n) is 6.18. The average Bonchev–Trinajstić information content (AvgIpc) is 3.24. The Balaban J connectivity index is 1.77. The van der Waals surface area contributed by atoms with Crippen LogP contribution in [0.2, 0.25) is 0 Å². The van der Waals surface area contributed by atoms with Crippen molar-refractivity contribution in [1.82, 2.24) is 9.80 Å². The van der Waals surface area contributed by atoms with Gasteiger partial charge in [0.15, 0.2) is 0 Å². The second kappa shape index (κ2) is 11.0. The third-order valence-corrected chi connectivity index (χ3v) is 7.17. The summed E-state index contributed by atoms with van der Waals surface area (Å²) in [6, 6.07) is 9.99. The molecule has 0 saturated carbocycles. The van der Waals surface area contributed by atoms with Crippen molar-refractivity contribution in [2.24, 2.45) is 5.92 Å². The van der Waals surface area contributed by atoms with Crippen molar-refractivity contribution in [3.05, 3.63) is 51.7 Å². The summed E-state index contributed by atoms with van der Waals surface area (Å²) in [6.45, 7) is 11.4. The van der Waals surface area contributed by atoms with Crippen LogP contribution in [0.5, 0.6) is 5.75 Å². The van der Waals surface area contributed by atoms with Gasteiger partial charge in [0.2, 0.25) is 11.8 Å². The van der Waals surface area contributed by atoms with Gasteiger partial charge >= 0.3 is 0 Å². The number of hydrogen-bond donors (Lipinski definition) is 0. The number of aryl methyl sites for hydroxylation is 1. The average molecular weight is 457 g/mol. The van der Waals surface area contributed by atoms with E-state index in [4.69, 9.17) is 4.74 Å². The van der Waals surface area contributed by atoms with Gasteiger partial charge < -0.3 is 14.5 Å². The molecule has 2 aromatic rings. The van der Waals surface area contributed by atoms with Crippen LogP contribution in [-0.2, 0) is 16.0 Å².